The average Bonchev–Trinajstić information content (AvgIpc) is 3.64. The number of ether oxygens (including phenoxy) is 10. The van der Waals surface area contributed by atoms with Crippen molar-refractivity contribution in [3.63, 3.8) is 0 Å². The van der Waals surface area contributed by atoms with E-state index in [0.29, 0.717) is 6.61 Å². The summed E-state index contributed by atoms with van der Waals surface area (Å²) in [4.78, 5) is 15.8. The number of methoxy groups -OCH3 is 1. The van der Waals surface area contributed by atoms with Gasteiger partial charge in [0, 0.05) is 19.2 Å². The number of hydrogen-bond donors (Lipinski definition) is 0. The van der Waals surface area contributed by atoms with Crippen molar-refractivity contribution in [2.45, 2.75) is 94.0 Å². The fourth-order valence-corrected chi connectivity index (χ4v) is 8.46. The van der Waals surface area contributed by atoms with Gasteiger partial charge in [-0.3, -0.25) is 4.90 Å². The molecule has 0 aliphatic carbocycles. The summed E-state index contributed by atoms with van der Waals surface area (Å²) < 4.78 is 65.9. The molecule has 0 aromatic heterocycles. The summed E-state index contributed by atoms with van der Waals surface area (Å²) in [6.45, 7) is 1.44. The summed E-state index contributed by atoms with van der Waals surface area (Å²) in [7, 11) is 1.57. The molecule has 4 aliphatic rings. The summed E-state index contributed by atoms with van der Waals surface area (Å²) in [5.41, 5.74) is 4.70. The van der Waals surface area contributed by atoms with Gasteiger partial charge >= 0.3 is 6.09 Å². The van der Waals surface area contributed by atoms with Crippen LogP contribution in [-0.4, -0.2) is 92.7 Å². The molecule has 12 heteroatoms. The van der Waals surface area contributed by atoms with Gasteiger partial charge in [0.15, 0.2) is 25.0 Å². The average molecular weight is 830 g/mol. The molecule has 4 aliphatic heterocycles. The van der Waals surface area contributed by atoms with Crippen molar-refractivity contribution in [3.05, 3.63) is 179 Å². The molecule has 11 atom stereocenters. The lowest BCUT2D eigenvalue weighted by Crippen LogP contribution is -2.67. The third kappa shape index (κ3) is 9.74. The molecule has 0 bridgehead atoms. The molecule has 9 rings (SSSR count). The molecule has 5 aromatic carbocycles. The van der Waals surface area contributed by atoms with Gasteiger partial charge in [0.25, 0.3) is 0 Å². The van der Waals surface area contributed by atoms with Gasteiger partial charge in [0.05, 0.1) is 33.0 Å². The number of benzene rings is 5. The van der Waals surface area contributed by atoms with E-state index in [0.717, 1.165) is 27.8 Å². The second-order valence-corrected chi connectivity index (χ2v) is 15.6. The first-order valence-corrected chi connectivity index (χ1v) is 20.9. The lowest BCUT2D eigenvalue weighted by Gasteiger charge is -2.51. The maximum absolute atomic E-state index is 14.2. The molecule has 4 saturated heterocycles. The third-order valence-corrected chi connectivity index (χ3v) is 11.5. The number of amides is 1. The first-order chi connectivity index (χ1) is 30.1. The van der Waals surface area contributed by atoms with Crippen LogP contribution in [0.3, 0.4) is 0 Å². The minimum atomic E-state index is -1.06. The first-order valence-electron chi connectivity index (χ1n) is 20.9. The van der Waals surface area contributed by atoms with Crippen LogP contribution in [0.25, 0.3) is 0 Å². The van der Waals surface area contributed by atoms with E-state index in [1.807, 2.05) is 152 Å². The Morgan fingerprint density at radius 2 is 1.15 bits per heavy atom. The zero-order chi connectivity index (χ0) is 41.4. The second-order valence-electron chi connectivity index (χ2n) is 15.6. The van der Waals surface area contributed by atoms with E-state index in [9.17, 15) is 4.79 Å². The molecule has 0 N–H and O–H groups in total. The van der Waals surface area contributed by atoms with E-state index in [2.05, 4.69) is 0 Å². The Bertz CT molecular complexity index is 2090. The Morgan fingerprint density at radius 1 is 0.590 bits per heavy atom. The highest BCUT2D eigenvalue weighted by Gasteiger charge is 2.60. The quantitative estimate of drug-likeness (QED) is 0.0995. The normalized spacial score (nSPS) is 29.7. The van der Waals surface area contributed by atoms with Crippen LogP contribution in [0.5, 0.6) is 0 Å². The summed E-state index contributed by atoms with van der Waals surface area (Å²) >= 11 is 0. The summed E-state index contributed by atoms with van der Waals surface area (Å²) in [5, 5.41) is 0. The lowest BCUT2D eigenvalue weighted by atomic mass is 9.94. The zero-order valence-electron chi connectivity index (χ0n) is 34.0. The van der Waals surface area contributed by atoms with Crippen molar-refractivity contribution < 1.29 is 52.2 Å². The van der Waals surface area contributed by atoms with Crippen molar-refractivity contribution in [3.8, 4) is 0 Å². The lowest BCUT2D eigenvalue weighted by molar-refractivity contribution is -0.390. The Kier molecular flexibility index (Phi) is 13.4. The molecular formula is C49H51NO11. The van der Waals surface area contributed by atoms with E-state index in [-0.39, 0.29) is 33.0 Å². The van der Waals surface area contributed by atoms with Crippen LogP contribution in [-0.2, 0) is 73.7 Å². The minimum Gasteiger partial charge on any atom is -0.441 e. The number of nitrogens with zero attached hydrogens (tertiary/aromatic N) is 1. The second kappa shape index (κ2) is 19.8. The summed E-state index contributed by atoms with van der Waals surface area (Å²) in [6, 6.07) is 48.5. The van der Waals surface area contributed by atoms with Crippen LogP contribution in [0.1, 0.15) is 34.1 Å². The molecule has 12 nitrogen and oxygen atoms in total. The van der Waals surface area contributed by atoms with E-state index < -0.39 is 73.7 Å². The Morgan fingerprint density at radius 3 is 1.75 bits per heavy atom. The molecule has 318 valence electrons. The summed E-state index contributed by atoms with van der Waals surface area (Å²) in [5.74, 6) is 0. The monoisotopic (exact) mass is 829 g/mol. The topological polar surface area (TPSA) is 113 Å². The highest BCUT2D eigenvalue weighted by atomic mass is 16.8. The maximum Gasteiger partial charge on any atom is 0.411 e. The van der Waals surface area contributed by atoms with E-state index in [1.54, 1.807) is 12.0 Å². The fraction of sp³-hybridized carbons (Fsp3) is 0.367. The van der Waals surface area contributed by atoms with Gasteiger partial charge in [-0.15, -0.1) is 0 Å². The highest BCUT2D eigenvalue weighted by molar-refractivity contribution is 5.71. The molecule has 61 heavy (non-hydrogen) atoms. The molecule has 4 fully saturated rings. The largest absolute Gasteiger partial charge is 0.441 e. The van der Waals surface area contributed by atoms with Gasteiger partial charge < -0.3 is 47.4 Å². The maximum atomic E-state index is 14.2. The van der Waals surface area contributed by atoms with E-state index in [4.69, 9.17) is 47.4 Å². The molecular weight excluding hydrogens is 779 g/mol. The molecule has 1 unspecified atom stereocenters. The van der Waals surface area contributed by atoms with Crippen molar-refractivity contribution in [2.75, 3.05) is 20.3 Å². The number of carbonyl (C=O) groups excluding carboxylic acids is 1. The predicted octanol–water partition coefficient (Wildman–Crippen LogP) is 7.36. The Labute approximate surface area is 356 Å². The SMILES string of the molecule is CO[C@H]1O[C@@H]2COC(c3ccccc3)O[C@@H]2[C@H](O[C@@H]2O[C@H](COCc3ccccc3)[C@@H](OCc3ccccc3)[C@@H]3OC(=O)N(Cc4ccccc4)[C@@H]23)[C@H]1OCc1ccccc1. The van der Waals surface area contributed by atoms with E-state index >= 15 is 0 Å². The zero-order valence-corrected chi connectivity index (χ0v) is 34.0. The van der Waals surface area contributed by atoms with Gasteiger partial charge in [-0.05, 0) is 22.3 Å². The van der Waals surface area contributed by atoms with Gasteiger partial charge in [-0.25, -0.2) is 4.79 Å². The van der Waals surface area contributed by atoms with Gasteiger partial charge in [-0.2, -0.15) is 0 Å². The molecule has 5 aromatic rings. The number of carbonyl (C=O) groups is 1. The molecule has 1 amide bonds. The van der Waals surface area contributed by atoms with Crippen molar-refractivity contribution in [1.82, 2.24) is 4.90 Å². The molecule has 0 spiro atoms. The number of rotatable bonds is 16. The van der Waals surface area contributed by atoms with Gasteiger partial charge in [-0.1, -0.05) is 152 Å². The number of hydrogen-bond acceptors (Lipinski definition) is 11. The van der Waals surface area contributed by atoms with Crippen LogP contribution in [0.2, 0.25) is 0 Å². The Hall–Kier alpha value is -4.99. The predicted molar refractivity (Wildman–Crippen MR) is 221 cm³/mol. The first kappa shape index (κ1) is 41.4. The molecule has 0 radical (unpaired) electrons. The standard InChI is InChI=1S/C49H51NO11/c1-52-48-45(55-30-36-23-13-5-14-24-36)44(42-39(58-48)32-56-46(59-42)37-25-15-6-16-26-37)60-47-40-43(61-49(51)50(40)27-33-17-7-2-8-18-33)41(54-29-35-21-11-4-12-22-35)38(57-47)31-53-28-34-19-9-3-10-20-34/h2-26,38-48H,27-32H2,1H3/t38-,39-,40-,41-,42+,43-,44+,45-,46?,47+,48+/m1/s1. The number of fused-ring (bicyclic) bond motifs is 2. The van der Waals surface area contributed by atoms with Crippen LogP contribution in [0.4, 0.5) is 4.79 Å². The third-order valence-electron chi connectivity index (χ3n) is 11.5. The van der Waals surface area contributed by atoms with Crippen molar-refractivity contribution in [1.29, 1.82) is 0 Å². The van der Waals surface area contributed by atoms with Crippen molar-refractivity contribution in [2.24, 2.45) is 0 Å². The van der Waals surface area contributed by atoms with E-state index in [1.165, 1.54) is 0 Å². The van der Waals surface area contributed by atoms with Gasteiger partial charge in [0.2, 0.25) is 0 Å². The van der Waals surface area contributed by atoms with Crippen LogP contribution in [0, 0.1) is 0 Å². The smallest absolute Gasteiger partial charge is 0.411 e. The van der Waals surface area contributed by atoms with Crippen LogP contribution >= 0.6 is 0 Å². The molecule has 4 heterocycles. The highest BCUT2D eigenvalue weighted by Crippen LogP contribution is 2.42. The minimum absolute atomic E-state index is 0.128. The fourth-order valence-electron chi connectivity index (χ4n) is 8.46. The van der Waals surface area contributed by atoms with Gasteiger partial charge in [0.1, 0.15) is 42.7 Å². The summed E-state index contributed by atoms with van der Waals surface area (Å²) in [6.07, 6.45) is -8.28. The van der Waals surface area contributed by atoms with Crippen LogP contribution < -0.4 is 0 Å². The van der Waals surface area contributed by atoms with Crippen LogP contribution in [0.15, 0.2) is 152 Å². The Balaban J connectivity index is 1.07. The molecule has 0 saturated carbocycles. The van der Waals surface area contributed by atoms with Crippen molar-refractivity contribution >= 4 is 6.09 Å².